The van der Waals surface area contributed by atoms with Gasteiger partial charge in [0.15, 0.2) is 0 Å². The number of nitrogens with one attached hydrogen (secondary N) is 5. The summed E-state index contributed by atoms with van der Waals surface area (Å²) in [5.41, 5.74) is 14.4. The zero-order chi connectivity index (χ0) is 14.6. The maximum Gasteiger partial charge on any atom is 0.291 e. The normalized spacial score (nSPS) is 8.72. The summed E-state index contributed by atoms with van der Waals surface area (Å²) in [5.74, 6) is 0.600. The smallest absolute Gasteiger partial charge is 0.291 e. The van der Waals surface area contributed by atoms with E-state index in [-0.39, 0.29) is 0 Å². The number of hydrazone groups is 1. The van der Waals surface area contributed by atoms with Gasteiger partial charge in [-0.15, -0.1) is 15.2 Å². The summed E-state index contributed by atoms with van der Waals surface area (Å²) >= 11 is 0. The lowest BCUT2D eigenvalue weighted by atomic mass is 10.9. The molecule has 0 unspecified atom stereocenters. The standard InChI is InChI=1S/C6H20N8.HNO3/c1-7-12-6(13(8-2)9-3)14(10-4)11-5;2-1(3)4/h7-11H,1-5H3;(H,2,3,4). The van der Waals surface area contributed by atoms with Crippen LogP contribution in [0.5, 0.6) is 0 Å². The fraction of sp³-hybridized carbons (Fsp3) is 0.833. The maximum atomic E-state index is 8.36. The second-order valence-electron chi connectivity index (χ2n) is 2.44. The van der Waals surface area contributed by atoms with E-state index in [0.29, 0.717) is 5.96 Å². The highest BCUT2D eigenvalue weighted by atomic mass is 16.9. The largest absolute Gasteiger partial charge is 0.328 e. The molecule has 0 aliphatic rings. The summed E-state index contributed by atoms with van der Waals surface area (Å²) in [6, 6.07) is 0. The zero-order valence-corrected chi connectivity index (χ0v) is 11.1. The van der Waals surface area contributed by atoms with Gasteiger partial charge in [-0.05, 0) is 0 Å². The topological polar surface area (TPSA) is 142 Å². The van der Waals surface area contributed by atoms with E-state index < -0.39 is 5.09 Å². The van der Waals surface area contributed by atoms with Gasteiger partial charge in [0, 0.05) is 35.2 Å². The highest BCUT2D eigenvalue weighted by Crippen LogP contribution is 1.84. The Morgan fingerprint density at radius 1 is 1.06 bits per heavy atom. The number of hydrogen-bond donors (Lipinski definition) is 6. The van der Waals surface area contributed by atoms with E-state index in [1.807, 2.05) is 0 Å². The molecule has 0 spiro atoms. The van der Waals surface area contributed by atoms with E-state index in [1.165, 1.54) is 0 Å². The Labute approximate surface area is 105 Å². The van der Waals surface area contributed by atoms with Crippen LogP contribution < -0.4 is 27.1 Å². The van der Waals surface area contributed by atoms with Gasteiger partial charge in [0.05, 0.1) is 0 Å². The van der Waals surface area contributed by atoms with Crippen molar-refractivity contribution in [3.63, 3.8) is 0 Å². The van der Waals surface area contributed by atoms with Crippen molar-refractivity contribution >= 4 is 5.96 Å². The molecule has 0 atom stereocenters. The molecule has 18 heavy (non-hydrogen) atoms. The summed E-state index contributed by atoms with van der Waals surface area (Å²) in [6.45, 7) is 0. The highest BCUT2D eigenvalue weighted by Gasteiger charge is 2.14. The van der Waals surface area contributed by atoms with Crippen molar-refractivity contribution in [3.05, 3.63) is 10.1 Å². The first-order valence-electron chi connectivity index (χ1n) is 4.85. The Bertz CT molecular complexity index is 222. The van der Waals surface area contributed by atoms with E-state index in [9.17, 15) is 0 Å². The first-order chi connectivity index (χ1) is 8.48. The van der Waals surface area contributed by atoms with Crippen molar-refractivity contribution in [2.75, 3.05) is 35.2 Å². The molecule has 0 bridgehead atoms. The first-order valence-corrected chi connectivity index (χ1v) is 4.85. The van der Waals surface area contributed by atoms with Crippen LogP contribution in [0.25, 0.3) is 0 Å². The molecule has 108 valence electrons. The number of nitrogens with zero attached hydrogens (tertiary/aromatic N) is 4. The molecule has 0 rings (SSSR count). The van der Waals surface area contributed by atoms with Gasteiger partial charge in [-0.3, -0.25) is 0 Å². The number of hydrogen-bond acceptors (Lipinski definition) is 8. The Morgan fingerprint density at radius 2 is 1.33 bits per heavy atom. The highest BCUT2D eigenvalue weighted by molar-refractivity contribution is 5.78. The van der Waals surface area contributed by atoms with Crippen LogP contribution in [-0.4, -0.2) is 61.7 Å². The van der Waals surface area contributed by atoms with Crippen LogP contribution in [0.3, 0.4) is 0 Å². The lowest BCUT2D eigenvalue weighted by Gasteiger charge is -2.30. The third-order valence-corrected chi connectivity index (χ3v) is 1.51. The molecule has 0 radical (unpaired) electrons. The SMILES string of the molecule is CNN=C(N(NC)NC)N(NC)NC.O=[N+]([O-])O. The molecule has 0 saturated carbocycles. The van der Waals surface area contributed by atoms with Crippen molar-refractivity contribution in [2.24, 2.45) is 5.10 Å². The molecule has 0 aromatic rings. The molecular weight excluding hydrogens is 246 g/mol. The van der Waals surface area contributed by atoms with Gasteiger partial charge in [0.2, 0.25) is 0 Å². The molecule has 12 nitrogen and oxygen atoms in total. The van der Waals surface area contributed by atoms with Crippen molar-refractivity contribution in [3.8, 4) is 0 Å². The molecule has 0 saturated heterocycles. The fourth-order valence-electron chi connectivity index (χ4n) is 0.924. The van der Waals surface area contributed by atoms with E-state index in [0.717, 1.165) is 0 Å². The molecule has 0 fully saturated rings. The van der Waals surface area contributed by atoms with Crippen molar-refractivity contribution in [1.29, 1.82) is 0 Å². The van der Waals surface area contributed by atoms with E-state index in [4.69, 9.17) is 15.3 Å². The molecule has 0 amide bonds. The Balaban J connectivity index is 0. The van der Waals surface area contributed by atoms with Gasteiger partial charge in [0.1, 0.15) is 0 Å². The lowest BCUT2D eigenvalue weighted by Crippen LogP contribution is -2.61. The summed E-state index contributed by atoms with van der Waals surface area (Å²) in [4.78, 5) is 8.36. The van der Waals surface area contributed by atoms with Crippen LogP contribution in [0.2, 0.25) is 0 Å². The van der Waals surface area contributed by atoms with Gasteiger partial charge in [-0.2, -0.15) is 0 Å². The predicted octanol–water partition coefficient (Wildman–Crippen LogP) is -2.73. The van der Waals surface area contributed by atoms with Gasteiger partial charge in [-0.1, -0.05) is 0 Å². The number of guanidine groups is 1. The summed E-state index contributed by atoms with van der Waals surface area (Å²) in [7, 11) is 8.86. The van der Waals surface area contributed by atoms with Crippen molar-refractivity contribution < 1.29 is 10.3 Å². The average molecular weight is 267 g/mol. The molecule has 12 heteroatoms. The molecule has 0 aliphatic carbocycles. The van der Waals surface area contributed by atoms with Gasteiger partial charge in [0.25, 0.3) is 11.0 Å². The van der Waals surface area contributed by atoms with E-state index >= 15 is 0 Å². The minimum Gasteiger partial charge on any atom is -0.328 e. The lowest BCUT2D eigenvalue weighted by molar-refractivity contribution is -0.742. The molecule has 6 N–H and O–H groups in total. The third-order valence-electron chi connectivity index (χ3n) is 1.51. The molecule has 0 aliphatic heterocycles. The number of rotatable bonds is 5. The monoisotopic (exact) mass is 267 g/mol. The second kappa shape index (κ2) is 11.6. The fourth-order valence-corrected chi connectivity index (χ4v) is 0.924. The number of hydrazine groups is 4. The molecular formula is C6H21N9O3. The van der Waals surface area contributed by atoms with Crippen LogP contribution in [-0.2, 0) is 0 Å². The molecule has 0 aromatic carbocycles. The van der Waals surface area contributed by atoms with Crippen LogP contribution in [0.4, 0.5) is 0 Å². The Hall–Kier alpha value is -1.89. The second-order valence-corrected chi connectivity index (χ2v) is 2.44. The van der Waals surface area contributed by atoms with E-state index in [2.05, 4.69) is 32.2 Å². The van der Waals surface area contributed by atoms with Crippen LogP contribution in [0, 0.1) is 10.1 Å². The van der Waals surface area contributed by atoms with Crippen LogP contribution in [0.15, 0.2) is 5.10 Å². The van der Waals surface area contributed by atoms with Gasteiger partial charge < -0.3 is 10.6 Å². The maximum absolute atomic E-state index is 8.36. The van der Waals surface area contributed by atoms with Crippen molar-refractivity contribution in [2.45, 2.75) is 0 Å². The summed E-state index contributed by atoms with van der Waals surface area (Å²) in [6.07, 6.45) is 0. The average Bonchev–Trinajstić information content (AvgIpc) is 2.31. The van der Waals surface area contributed by atoms with Gasteiger partial charge in [-0.25, -0.2) is 31.9 Å². The minimum absolute atomic E-state index is 0.600. The minimum atomic E-state index is -1.50. The van der Waals surface area contributed by atoms with Crippen LogP contribution in [0.1, 0.15) is 0 Å². The van der Waals surface area contributed by atoms with Crippen molar-refractivity contribution in [1.82, 2.24) is 37.4 Å². The summed E-state index contributed by atoms with van der Waals surface area (Å²) < 4.78 is 0. The Morgan fingerprint density at radius 3 is 1.50 bits per heavy atom. The quantitative estimate of drug-likeness (QED) is 0.134. The van der Waals surface area contributed by atoms with Gasteiger partial charge >= 0.3 is 0 Å². The predicted molar refractivity (Wildman–Crippen MR) is 65.2 cm³/mol. The summed E-state index contributed by atoms with van der Waals surface area (Å²) in [5, 5.41) is 21.0. The molecule has 0 aromatic heterocycles. The first kappa shape index (κ1) is 18.5. The third kappa shape index (κ3) is 8.28. The van der Waals surface area contributed by atoms with E-state index in [1.54, 1.807) is 45.5 Å². The molecule has 0 heterocycles. The zero-order valence-electron chi connectivity index (χ0n) is 11.1. The van der Waals surface area contributed by atoms with Crippen LogP contribution >= 0.6 is 0 Å². The Kier molecular flexibility index (Phi) is 11.9.